The second-order valence-corrected chi connectivity index (χ2v) is 8.39. The lowest BCUT2D eigenvalue weighted by Crippen LogP contribution is -2.13. The molecule has 4 rings (SSSR count). The number of hydrogen-bond acceptors (Lipinski definition) is 5. The van der Waals surface area contributed by atoms with Crippen LogP contribution in [0.2, 0.25) is 0 Å². The molecule has 0 spiro atoms. The van der Waals surface area contributed by atoms with Gasteiger partial charge in [-0.2, -0.15) is 4.98 Å². The molecule has 0 unspecified atom stereocenters. The van der Waals surface area contributed by atoms with Crippen LogP contribution in [0.4, 0.5) is 10.2 Å². The van der Waals surface area contributed by atoms with Crippen LogP contribution in [0.15, 0.2) is 88.2 Å². The fourth-order valence-electron chi connectivity index (χ4n) is 3.10. The Morgan fingerprint density at radius 3 is 2.35 bits per heavy atom. The van der Waals surface area contributed by atoms with Gasteiger partial charge in [-0.3, -0.25) is 4.72 Å². The molecule has 31 heavy (non-hydrogen) atoms. The minimum absolute atomic E-state index is 0.000285. The van der Waals surface area contributed by atoms with Crippen molar-refractivity contribution in [3.05, 3.63) is 96.1 Å². The first-order chi connectivity index (χ1) is 15.0. The maximum Gasteiger partial charge on any atom is 0.263 e. The van der Waals surface area contributed by atoms with E-state index in [4.69, 9.17) is 9.15 Å². The van der Waals surface area contributed by atoms with E-state index in [1.165, 1.54) is 37.4 Å². The van der Waals surface area contributed by atoms with Crippen molar-refractivity contribution in [3.8, 4) is 17.1 Å². The molecule has 4 aromatic rings. The molecule has 1 aromatic heterocycles. The predicted molar refractivity (Wildman–Crippen MR) is 115 cm³/mol. The third-order valence-electron chi connectivity index (χ3n) is 4.56. The van der Waals surface area contributed by atoms with Crippen molar-refractivity contribution >= 4 is 15.8 Å². The first-order valence-electron chi connectivity index (χ1n) is 9.41. The molecular formula is C23H19FN2O4S. The highest BCUT2D eigenvalue weighted by atomic mass is 32.2. The Balaban J connectivity index is 1.79. The van der Waals surface area contributed by atoms with Gasteiger partial charge in [0.25, 0.3) is 10.0 Å². The van der Waals surface area contributed by atoms with Crippen molar-refractivity contribution in [2.75, 3.05) is 11.8 Å². The lowest BCUT2D eigenvalue weighted by atomic mass is 10.1. The lowest BCUT2D eigenvalue weighted by Gasteiger charge is -2.09. The number of ether oxygens (including phenoxy) is 1. The number of methoxy groups -OCH3 is 1. The van der Waals surface area contributed by atoms with Crippen LogP contribution in [-0.2, 0) is 16.4 Å². The SMILES string of the molecule is COc1cc(F)ccc1-c1oc(Cc2ccccc2)nc1NS(=O)(=O)c1ccccc1. The van der Waals surface area contributed by atoms with E-state index in [9.17, 15) is 12.8 Å². The summed E-state index contributed by atoms with van der Waals surface area (Å²) >= 11 is 0. The zero-order chi connectivity index (χ0) is 21.8. The topological polar surface area (TPSA) is 81.4 Å². The molecule has 0 fully saturated rings. The van der Waals surface area contributed by atoms with Crippen molar-refractivity contribution in [2.45, 2.75) is 11.3 Å². The van der Waals surface area contributed by atoms with Gasteiger partial charge in [0.05, 0.1) is 17.6 Å². The Bertz CT molecular complexity index is 1290. The second-order valence-electron chi connectivity index (χ2n) is 6.71. The number of nitrogens with zero attached hydrogens (tertiary/aromatic N) is 1. The third kappa shape index (κ3) is 4.59. The van der Waals surface area contributed by atoms with E-state index >= 15 is 0 Å². The Kier molecular flexibility index (Phi) is 5.73. The monoisotopic (exact) mass is 438 g/mol. The summed E-state index contributed by atoms with van der Waals surface area (Å²) in [6, 6.07) is 21.3. The van der Waals surface area contributed by atoms with E-state index in [2.05, 4.69) is 9.71 Å². The highest BCUT2D eigenvalue weighted by Crippen LogP contribution is 2.37. The van der Waals surface area contributed by atoms with E-state index in [0.717, 1.165) is 5.56 Å². The van der Waals surface area contributed by atoms with Gasteiger partial charge in [0.2, 0.25) is 5.89 Å². The summed E-state index contributed by atoms with van der Waals surface area (Å²) < 4.78 is 53.1. The maximum absolute atomic E-state index is 13.7. The van der Waals surface area contributed by atoms with Gasteiger partial charge in [0, 0.05) is 12.5 Å². The molecule has 0 aliphatic carbocycles. The van der Waals surface area contributed by atoms with Gasteiger partial charge < -0.3 is 9.15 Å². The molecule has 1 heterocycles. The Morgan fingerprint density at radius 2 is 1.68 bits per heavy atom. The summed E-state index contributed by atoms with van der Waals surface area (Å²) in [5.41, 5.74) is 1.32. The van der Waals surface area contributed by atoms with Crippen LogP contribution in [0.25, 0.3) is 11.3 Å². The quantitative estimate of drug-likeness (QED) is 0.445. The number of rotatable bonds is 7. The molecule has 0 aliphatic heterocycles. The van der Waals surface area contributed by atoms with Crippen LogP contribution in [0, 0.1) is 5.82 Å². The van der Waals surface area contributed by atoms with Crippen molar-refractivity contribution in [3.63, 3.8) is 0 Å². The van der Waals surface area contributed by atoms with Gasteiger partial charge in [0.15, 0.2) is 11.6 Å². The number of hydrogen-bond donors (Lipinski definition) is 1. The van der Waals surface area contributed by atoms with Gasteiger partial charge in [-0.25, -0.2) is 12.8 Å². The van der Waals surface area contributed by atoms with Crippen molar-refractivity contribution in [1.82, 2.24) is 4.98 Å². The molecule has 0 bridgehead atoms. The molecule has 158 valence electrons. The summed E-state index contributed by atoms with van der Waals surface area (Å²) in [5, 5.41) is 0. The number of halogens is 1. The first-order valence-corrected chi connectivity index (χ1v) is 10.9. The van der Waals surface area contributed by atoms with Gasteiger partial charge in [-0.15, -0.1) is 0 Å². The van der Waals surface area contributed by atoms with E-state index in [1.54, 1.807) is 18.2 Å². The highest BCUT2D eigenvalue weighted by Gasteiger charge is 2.24. The van der Waals surface area contributed by atoms with Crippen molar-refractivity contribution in [1.29, 1.82) is 0 Å². The molecule has 8 heteroatoms. The number of oxazole rings is 1. The van der Waals surface area contributed by atoms with Gasteiger partial charge in [0.1, 0.15) is 11.6 Å². The number of sulfonamides is 1. The number of anilines is 1. The molecule has 6 nitrogen and oxygen atoms in total. The lowest BCUT2D eigenvalue weighted by molar-refractivity contribution is 0.410. The highest BCUT2D eigenvalue weighted by molar-refractivity contribution is 7.92. The normalized spacial score (nSPS) is 11.3. The van der Waals surface area contributed by atoms with E-state index in [0.29, 0.717) is 17.9 Å². The summed E-state index contributed by atoms with van der Waals surface area (Å²) in [6.45, 7) is 0. The second kappa shape index (κ2) is 8.61. The molecule has 0 saturated heterocycles. The van der Waals surface area contributed by atoms with Crippen LogP contribution in [0.1, 0.15) is 11.5 Å². The summed E-state index contributed by atoms with van der Waals surface area (Å²) in [5.74, 6) is 0.152. The van der Waals surface area contributed by atoms with Crippen LogP contribution in [-0.4, -0.2) is 20.5 Å². The van der Waals surface area contributed by atoms with Crippen LogP contribution in [0.3, 0.4) is 0 Å². The summed E-state index contributed by atoms with van der Waals surface area (Å²) in [4.78, 5) is 4.47. The van der Waals surface area contributed by atoms with E-state index < -0.39 is 15.8 Å². The van der Waals surface area contributed by atoms with Gasteiger partial charge in [-0.1, -0.05) is 48.5 Å². The van der Waals surface area contributed by atoms with Crippen LogP contribution < -0.4 is 9.46 Å². The zero-order valence-electron chi connectivity index (χ0n) is 16.6. The Morgan fingerprint density at radius 1 is 1.00 bits per heavy atom. The minimum Gasteiger partial charge on any atom is -0.496 e. The average molecular weight is 438 g/mol. The van der Waals surface area contributed by atoms with Gasteiger partial charge >= 0.3 is 0 Å². The minimum atomic E-state index is -3.92. The molecule has 1 N–H and O–H groups in total. The van der Waals surface area contributed by atoms with Crippen molar-refractivity contribution < 1.29 is 22.0 Å². The summed E-state index contributed by atoms with van der Waals surface area (Å²) in [7, 11) is -2.52. The number of nitrogens with one attached hydrogen (secondary N) is 1. The van der Waals surface area contributed by atoms with E-state index in [-0.39, 0.29) is 22.2 Å². The molecular weight excluding hydrogens is 419 g/mol. The molecule has 0 atom stereocenters. The third-order valence-corrected chi connectivity index (χ3v) is 5.92. The fraction of sp³-hybridized carbons (Fsp3) is 0.0870. The number of aromatic nitrogens is 1. The maximum atomic E-state index is 13.7. The fourth-order valence-corrected chi connectivity index (χ4v) is 4.13. The van der Waals surface area contributed by atoms with Crippen molar-refractivity contribution in [2.24, 2.45) is 0 Å². The smallest absolute Gasteiger partial charge is 0.263 e. The molecule has 3 aromatic carbocycles. The van der Waals surface area contributed by atoms with Crippen LogP contribution >= 0.6 is 0 Å². The largest absolute Gasteiger partial charge is 0.496 e. The average Bonchev–Trinajstić information content (AvgIpc) is 3.16. The Labute approximate surface area is 179 Å². The molecule has 0 radical (unpaired) electrons. The molecule has 0 aliphatic rings. The predicted octanol–water partition coefficient (Wildman–Crippen LogP) is 4.88. The molecule has 0 saturated carbocycles. The van der Waals surface area contributed by atoms with Gasteiger partial charge in [-0.05, 0) is 29.8 Å². The summed E-state index contributed by atoms with van der Waals surface area (Å²) in [6.07, 6.45) is 0.352. The van der Waals surface area contributed by atoms with Crippen LogP contribution in [0.5, 0.6) is 5.75 Å². The Hall–Kier alpha value is -3.65. The number of benzene rings is 3. The zero-order valence-corrected chi connectivity index (χ0v) is 17.4. The van der Waals surface area contributed by atoms with E-state index in [1.807, 2.05) is 30.3 Å². The standard InChI is InChI=1S/C23H19FN2O4S/c1-29-20-15-17(24)12-13-19(20)22-23(26-31(27,28)18-10-6-3-7-11-18)25-21(30-22)14-16-8-4-2-5-9-16/h2-13,15,26H,14H2,1H3. The molecule has 0 amide bonds. The first kappa shape index (κ1) is 20.6.